The summed E-state index contributed by atoms with van der Waals surface area (Å²) < 4.78 is 0. The topological polar surface area (TPSA) is 78.7 Å². The van der Waals surface area contributed by atoms with Gasteiger partial charge in [0.2, 0.25) is 5.91 Å². The van der Waals surface area contributed by atoms with Crippen molar-refractivity contribution >= 4 is 11.8 Å². The molecule has 1 aliphatic rings. The van der Waals surface area contributed by atoms with Crippen molar-refractivity contribution in [2.45, 2.75) is 0 Å². The van der Waals surface area contributed by atoms with E-state index in [1.54, 1.807) is 34.2 Å². The van der Waals surface area contributed by atoms with Gasteiger partial charge in [-0.2, -0.15) is 0 Å². The van der Waals surface area contributed by atoms with Crippen molar-refractivity contribution in [1.82, 2.24) is 15.2 Å². The van der Waals surface area contributed by atoms with E-state index < -0.39 is 0 Å². The van der Waals surface area contributed by atoms with Gasteiger partial charge in [-0.05, 0) is 12.1 Å². The van der Waals surface area contributed by atoms with E-state index in [1.807, 2.05) is 6.07 Å². The van der Waals surface area contributed by atoms with Crippen LogP contribution < -0.4 is 11.2 Å². The maximum Gasteiger partial charge on any atom is 0.251 e. The zero-order chi connectivity index (χ0) is 13.7. The summed E-state index contributed by atoms with van der Waals surface area (Å²) in [6, 6.07) is 8.85. The van der Waals surface area contributed by atoms with Gasteiger partial charge in [0, 0.05) is 31.7 Å². The average Bonchev–Trinajstić information content (AvgIpc) is 2.46. The predicted octanol–water partition coefficient (Wildman–Crippen LogP) is -0.566. The number of carbonyl (C=O) groups excluding carboxylic acids is 2. The molecule has 2 rings (SSSR count). The van der Waals surface area contributed by atoms with Crippen molar-refractivity contribution < 1.29 is 9.59 Å². The molecule has 0 radical (unpaired) electrons. The predicted molar refractivity (Wildman–Crippen MR) is 71.1 cm³/mol. The van der Waals surface area contributed by atoms with E-state index in [0.29, 0.717) is 31.7 Å². The SMILES string of the molecule is NN1CCN(C(=O)CNC(=O)c2ccccc2)CC1. The number of nitrogens with one attached hydrogen (secondary N) is 1. The number of piperazine rings is 1. The lowest BCUT2D eigenvalue weighted by Gasteiger charge is -2.32. The summed E-state index contributed by atoms with van der Waals surface area (Å²) in [6.45, 7) is 2.57. The van der Waals surface area contributed by atoms with E-state index in [0.717, 1.165) is 0 Å². The molecule has 6 nitrogen and oxygen atoms in total. The molecule has 1 aromatic rings. The van der Waals surface area contributed by atoms with Crippen molar-refractivity contribution in [1.29, 1.82) is 0 Å². The third-order valence-electron chi connectivity index (χ3n) is 3.10. The molecule has 2 amide bonds. The second-order valence-electron chi connectivity index (χ2n) is 4.47. The molecular weight excluding hydrogens is 244 g/mol. The standard InChI is InChI=1S/C13H18N4O2/c14-17-8-6-16(7-9-17)12(18)10-15-13(19)11-4-2-1-3-5-11/h1-5H,6-10,14H2,(H,15,19). The van der Waals surface area contributed by atoms with Crippen molar-refractivity contribution in [3.8, 4) is 0 Å². The highest BCUT2D eigenvalue weighted by atomic mass is 16.2. The Kier molecular flexibility index (Phi) is 4.48. The third kappa shape index (κ3) is 3.77. The normalized spacial score (nSPS) is 16.2. The Morgan fingerprint density at radius 3 is 2.37 bits per heavy atom. The van der Waals surface area contributed by atoms with Crippen molar-refractivity contribution in [2.24, 2.45) is 5.84 Å². The summed E-state index contributed by atoms with van der Waals surface area (Å²) in [5.41, 5.74) is 0.557. The molecule has 0 spiro atoms. The number of carbonyl (C=O) groups is 2. The lowest BCUT2D eigenvalue weighted by atomic mass is 10.2. The van der Waals surface area contributed by atoms with E-state index in [2.05, 4.69) is 5.32 Å². The number of rotatable bonds is 3. The second-order valence-corrected chi connectivity index (χ2v) is 4.47. The van der Waals surface area contributed by atoms with Gasteiger partial charge in [0.1, 0.15) is 0 Å². The van der Waals surface area contributed by atoms with E-state index in [-0.39, 0.29) is 18.4 Å². The monoisotopic (exact) mass is 262 g/mol. The van der Waals surface area contributed by atoms with Gasteiger partial charge >= 0.3 is 0 Å². The van der Waals surface area contributed by atoms with Gasteiger partial charge in [-0.1, -0.05) is 18.2 Å². The van der Waals surface area contributed by atoms with Crippen LogP contribution in [-0.4, -0.2) is 54.4 Å². The molecule has 0 saturated carbocycles. The molecule has 1 aliphatic heterocycles. The van der Waals surface area contributed by atoms with Crippen LogP contribution in [0.15, 0.2) is 30.3 Å². The lowest BCUT2D eigenvalue weighted by Crippen LogP contribution is -2.53. The van der Waals surface area contributed by atoms with Crippen LogP contribution in [0, 0.1) is 0 Å². The van der Waals surface area contributed by atoms with E-state index in [1.165, 1.54) is 0 Å². The molecule has 3 N–H and O–H groups in total. The number of amides is 2. The molecule has 1 fully saturated rings. The zero-order valence-electron chi connectivity index (χ0n) is 10.7. The van der Waals surface area contributed by atoms with Gasteiger partial charge in [-0.3, -0.25) is 15.4 Å². The Balaban J connectivity index is 1.79. The first kappa shape index (κ1) is 13.5. The van der Waals surface area contributed by atoms with Crippen molar-refractivity contribution in [3.63, 3.8) is 0 Å². The molecule has 6 heteroatoms. The fourth-order valence-electron chi connectivity index (χ4n) is 1.93. The van der Waals surface area contributed by atoms with Gasteiger partial charge < -0.3 is 10.2 Å². The molecule has 19 heavy (non-hydrogen) atoms. The van der Waals surface area contributed by atoms with Crippen LogP contribution in [0.5, 0.6) is 0 Å². The minimum Gasteiger partial charge on any atom is -0.343 e. The van der Waals surface area contributed by atoms with Crippen LogP contribution in [0.2, 0.25) is 0 Å². The summed E-state index contributed by atoms with van der Waals surface area (Å²) in [7, 11) is 0. The summed E-state index contributed by atoms with van der Waals surface area (Å²) in [5.74, 6) is 5.32. The Labute approximate surface area is 112 Å². The number of hydrogen-bond donors (Lipinski definition) is 2. The quantitative estimate of drug-likeness (QED) is 0.715. The van der Waals surface area contributed by atoms with Crippen LogP contribution in [0.25, 0.3) is 0 Å². The molecule has 1 heterocycles. The molecule has 0 atom stereocenters. The van der Waals surface area contributed by atoms with Gasteiger partial charge in [0.15, 0.2) is 0 Å². The first-order chi connectivity index (χ1) is 9.16. The molecule has 0 unspecified atom stereocenters. The number of benzene rings is 1. The average molecular weight is 262 g/mol. The maximum absolute atomic E-state index is 11.9. The summed E-state index contributed by atoms with van der Waals surface area (Å²) in [4.78, 5) is 25.4. The maximum atomic E-state index is 11.9. The van der Waals surface area contributed by atoms with Crippen LogP contribution in [0.3, 0.4) is 0 Å². The minimum atomic E-state index is -0.230. The van der Waals surface area contributed by atoms with Crippen molar-refractivity contribution in [3.05, 3.63) is 35.9 Å². The highest BCUT2D eigenvalue weighted by Crippen LogP contribution is 1.99. The van der Waals surface area contributed by atoms with Crippen LogP contribution in [-0.2, 0) is 4.79 Å². The Morgan fingerprint density at radius 2 is 1.74 bits per heavy atom. The van der Waals surface area contributed by atoms with E-state index >= 15 is 0 Å². The first-order valence-corrected chi connectivity index (χ1v) is 6.27. The molecule has 1 saturated heterocycles. The summed E-state index contributed by atoms with van der Waals surface area (Å²) in [5, 5.41) is 4.32. The Bertz CT molecular complexity index is 441. The van der Waals surface area contributed by atoms with Crippen LogP contribution in [0.1, 0.15) is 10.4 Å². The van der Waals surface area contributed by atoms with Crippen LogP contribution >= 0.6 is 0 Å². The second kappa shape index (κ2) is 6.31. The molecule has 0 bridgehead atoms. The highest BCUT2D eigenvalue weighted by molar-refractivity contribution is 5.96. The van der Waals surface area contributed by atoms with Gasteiger partial charge in [-0.25, -0.2) is 5.01 Å². The fourth-order valence-corrected chi connectivity index (χ4v) is 1.93. The highest BCUT2D eigenvalue weighted by Gasteiger charge is 2.19. The molecule has 0 aromatic heterocycles. The largest absolute Gasteiger partial charge is 0.343 e. The number of hydrazine groups is 1. The third-order valence-corrected chi connectivity index (χ3v) is 3.10. The lowest BCUT2D eigenvalue weighted by molar-refractivity contribution is -0.131. The van der Waals surface area contributed by atoms with Crippen LogP contribution in [0.4, 0.5) is 0 Å². The van der Waals surface area contributed by atoms with E-state index in [9.17, 15) is 9.59 Å². The first-order valence-electron chi connectivity index (χ1n) is 6.27. The van der Waals surface area contributed by atoms with Gasteiger partial charge in [0.05, 0.1) is 6.54 Å². The van der Waals surface area contributed by atoms with Crippen molar-refractivity contribution in [2.75, 3.05) is 32.7 Å². The molecular formula is C13H18N4O2. The number of hydrogen-bond acceptors (Lipinski definition) is 4. The minimum absolute atomic E-state index is 0.0261. The summed E-state index contributed by atoms with van der Waals surface area (Å²) in [6.07, 6.45) is 0. The molecule has 1 aromatic carbocycles. The zero-order valence-corrected chi connectivity index (χ0v) is 10.7. The number of nitrogens with zero attached hydrogens (tertiary/aromatic N) is 2. The summed E-state index contributed by atoms with van der Waals surface area (Å²) >= 11 is 0. The Morgan fingerprint density at radius 1 is 1.11 bits per heavy atom. The van der Waals surface area contributed by atoms with Gasteiger partial charge in [0.25, 0.3) is 5.91 Å². The Hall–Kier alpha value is -1.92. The van der Waals surface area contributed by atoms with E-state index in [4.69, 9.17) is 5.84 Å². The smallest absolute Gasteiger partial charge is 0.251 e. The number of nitrogens with two attached hydrogens (primary N) is 1. The van der Waals surface area contributed by atoms with Gasteiger partial charge in [-0.15, -0.1) is 0 Å². The molecule has 102 valence electrons. The fraction of sp³-hybridized carbons (Fsp3) is 0.385. The molecule has 0 aliphatic carbocycles.